The molecule has 0 unspecified atom stereocenters. The van der Waals surface area contributed by atoms with E-state index in [0.29, 0.717) is 26.4 Å². The molecule has 2 aromatic rings. The molecule has 0 spiro atoms. The molecule has 0 amide bonds. The van der Waals surface area contributed by atoms with Gasteiger partial charge in [-0.1, -0.05) is 60.4 Å². The van der Waals surface area contributed by atoms with E-state index in [0.717, 1.165) is 58.8 Å². The summed E-state index contributed by atoms with van der Waals surface area (Å²) in [5.41, 5.74) is 4.13. The molecule has 2 aliphatic heterocycles. The quantitative estimate of drug-likeness (QED) is 0.177. The van der Waals surface area contributed by atoms with Crippen molar-refractivity contribution < 1.29 is 62.6 Å². The Kier molecular flexibility index (Phi) is 23.6. The number of allylic oxidation sites excluding steroid dienone is 2. The van der Waals surface area contributed by atoms with Gasteiger partial charge in [0.25, 0.3) is 0 Å². The first-order valence-electron chi connectivity index (χ1n) is 19.1. The minimum atomic E-state index is -0.370. The van der Waals surface area contributed by atoms with Gasteiger partial charge in [-0.05, 0) is 151 Å². The summed E-state index contributed by atoms with van der Waals surface area (Å²) in [7, 11) is 3.39. The Morgan fingerprint density at radius 1 is 0.500 bits per heavy atom. The fourth-order valence-corrected chi connectivity index (χ4v) is 6.26. The maximum absolute atomic E-state index is 6.10. The summed E-state index contributed by atoms with van der Waals surface area (Å²) in [5.74, 6) is 10.8. The fraction of sp³-hybridized carbons (Fsp3) is 0.240. The molecule has 4 aliphatic carbocycles. The van der Waals surface area contributed by atoms with Crippen molar-refractivity contribution in [1.29, 1.82) is 0 Å². The van der Waals surface area contributed by atoms with Gasteiger partial charge in [0.15, 0.2) is 12.6 Å². The summed E-state index contributed by atoms with van der Waals surface area (Å²) in [5, 5.41) is 0. The first-order chi connectivity index (χ1) is 27.7. The molecule has 6 aliphatic rings. The first kappa shape index (κ1) is 48.9. The molecule has 20 radical (unpaired) electrons. The van der Waals surface area contributed by atoms with Crippen LogP contribution in [0.5, 0.6) is 0 Å². The van der Waals surface area contributed by atoms with E-state index < -0.39 is 0 Å². The third kappa shape index (κ3) is 16.3. The van der Waals surface area contributed by atoms with Gasteiger partial charge >= 0.3 is 34.1 Å². The Morgan fingerprint density at radius 3 is 1.21 bits per heavy atom. The molecule has 298 valence electrons. The van der Waals surface area contributed by atoms with Crippen LogP contribution in [0.2, 0.25) is 0 Å². The summed E-state index contributed by atoms with van der Waals surface area (Å²) in [6.07, 6.45) is 41.8. The molecule has 6 nitrogen and oxygen atoms in total. The van der Waals surface area contributed by atoms with Crippen molar-refractivity contribution in [2.75, 3.05) is 40.6 Å². The molecule has 0 aromatic heterocycles. The largest absolute Gasteiger partial charge is 2.00 e. The zero-order valence-corrected chi connectivity index (χ0v) is 35.1. The molecule has 2 aromatic carbocycles. The standard InChI is InChI=1S/C40H40O6.2C5H5.2Fe/c1-41-27-35-23-25-43-39(45-35)37-7-3-5-33(37)21-19-31-15-11-29(12-16-31)9-10-30-13-17-32(18-14-30)20-22-34-6-4-8-38(34)40-44-26-24-36(46-40)28-42-2;2*1-2-4-5-3-1;;/h3-8,11-22,35-36,39-40H,23-28H2,1-2H3;2*1-5H;;/q;;;2*+2/b21-19+,22-20+;;;;/t35-,36-,39-,40-;;;;/m0..../s1. The normalized spacial score (nSPS) is 25.6. The smallest absolute Gasteiger partial charge is 0.382 e. The van der Waals surface area contributed by atoms with Gasteiger partial charge in [0.2, 0.25) is 0 Å². The molecule has 6 fully saturated rings. The molecule has 4 atom stereocenters. The molecular formula is C50H50Fe2O6+4. The zero-order chi connectivity index (χ0) is 38.6. The first-order valence-corrected chi connectivity index (χ1v) is 19.1. The van der Waals surface area contributed by atoms with Crippen molar-refractivity contribution in [1.82, 2.24) is 0 Å². The van der Waals surface area contributed by atoms with Crippen LogP contribution in [0.4, 0.5) is 0 Å². The molecule has 0 N–H and O–H groups in total. The van der Waals surface area contributed by atoms with Crippen molar-refractivity contribution in [3.63, 3.8) is 0 Å². The number of hydrogen-bond donors (Lipinski definition) is 0. The Hall–Kier alpha value is -1.72. The van der Waals surface area contributed by atoms with E-state index in [4.69, 9.17) is 28.4 Å². The Morgan fingerprint density at radius 2 is 0.862 bits per heavy atom. The number of methoxy groups -OCH3 is 2. The van der Waals surface area contributed by atoms with E-state index in [1.807, 2.05) is 101 Å². The van der Waals surface area contributed by atoms with Crippen molar-refractivity contribution in [3.8, 4) is 11.8 Å². The Balaban J connectivity index is 0.000000542. The summed E-state index contributed by atoms with van der Waals surface area (Å²) in [4.78, 5) is 0. The average Bonchev–Trinajstić information content (AvgIpc) is 4.10. The minimum absolute atomic E-state index is 0. The second kappa shape index (κ2) is 28.0. The van der Waals surface area contributed by atoms with Gasteiger partial charge in [0.05, 0.1) is 38.6 Å². The molecular weight excluding hydrogens is 808 g/mol. The minimum Gasteiger partial charge on any atom is -0.382 e. The molecule has 2 saturated heterocycles. The van der Waals surface area contributed by atoms with Gasteiger partial charge in [-0.15, -0.1) is 0 Å². The van der Waals surface area contributed by atoms with Crippen molar-refractivity contribution in [3.05, 3.63) is 209 Å². The fourth-order valence-electron chi connectivity index (χ4n) is 6.26. The number of benzene rings is 2. The van der Waals surface area contributed by atoms with Crippen LogP contribution in [0.3, 0.4) is 0 Å². The van der Waals surface area contributed by atoms with Crippen LogP contribution < -0.4 is 0 Å². The second-order valence-electron chi connectivity index (χ2n) is 13.4. The van der Waals surface area contributed by atoms with Crippen LogP contribution in [0.1, 0.15) is 35.1 Å². The van der Waals surface area contributed by atoms with Crippen molar-refractivity contribution >= 4 is 12.2 Å². The van der Waals surface area contributed by atoms with Gasteiger partial charge in [-0.3, -0.25) is 0 Å². The van der Waals surface area contributed by atoms with Gasteiger partial charge in [0, 0.05) is 49.0 Å². The molecule has 2 heterocycles. The van der Waals surface area contributed by atoms with Crippen LogP contribution in [0.15, 0.2) is 60.7 Å². The van der Waals surface area contributed by atoms with Crippen LogP contribution in [-0.4, -0.2) is 65.4 Å². The number of ether oxygens (including phenoxy) is 6. The molecule has 8 rings (SSSR count). The van der Waals surface area contributed by atoms with Crippen LogP contribution >= 0.6 is 0 Å². The van der Waals surface area contributed by atoms with Gasteiger partial charge in [-0.25, -0.2) is 0 Å². The van der Waals surface area contributed by atoms with E-state index in [1.165, 1.54) is 0 Å². The van der Waals surface area contributed by atoms with E-state index in [2.05, 4.69) is 86.1 Å². The van der Waals surface area contributed by atoms with Crippen LogP contribution in [0.25, 0.3) is 12.2 Å². The molecule has 4 saturated carbocycles. The summed E-state index contributed by atoms with van der Waals surface area (Å²) in [6, 6.07) is 16.5. The van der Waals surface area contributed by atoms with Crippen LogP contribution in [-0.2, 0) is 62.6 Å². The van der Waals surface area contributed by atoms with Crippen molar-refractivity contribution in [2.24, 2.45) is 0 Å². The maximum atomic E-state index is 6.10. The zero-order valence-electron chi connectivity index (χ0n) is 32.9. The second-order valence-corrected chi connectivity index (χ2v) is 13.4. The number of hydrogen-bond acceptors (Lipinski definition) is 6. The topological polar surface area (TPSA) is 55.4 Å². The van der Waals surface area contributed by atoms with Crippen LogP contribution in [0, 0.1) is 138 Å². The van der Waals surface area contributed by atoms with E-state index in [1.54, 1.807) is 14.2 Å². The third-order valence-electron chi connectivity index (χ3n) is 9.23. The Labute approximate surface area is 372 Å². The summed E-state index contributed by atoms with van der Waals surface area (Å²) >= 11 is 0. The third-order valence-corrected chi connectivity index (χ3v) is 9.23. The van der Waals surface area contributed by atoms with E-state index in [9.17, 15) is 0 Å². The molecule has 0 bridgehead atoms. The predicted molar refractivity (Wildman–Crippen MR) is 221 cm³/mol. The van der Waals surface area contributed by atoms with E-state index in [-0.39, 0.29) is 58.9 Å². The summed E-state index contributed by atoms with van der Waals surface area (Å²) in [6.45, 7) is 2.47. The predicted octanol–water partition coefficient (Wildman–Crippen LogP) is 8.26. The summed E-state index contributed by atoms with van der Waals surface area (Å²) < 4.78 is 34.5. The van der Waals surface area contributed by atoms with Gasteiger partial charge in [0.1, 0.15) is 0 Å². The maximum Gasteiger partial charge on any atom is 2.00 e. The monoisotopic (exact) mass is 858 g/mol. The van der Waals surface area contributed by atoms with Gasteiger partial charge < -0.3 is 28.4 Å². The average molecular weight is 859 g/mol. The van der Waals surface area contributed by atoms with E-state index >= 15 is 0 Å². The number of rotatable bonds is 10. The Bertz CT molecular complexity index is 1380. The molecule has 58 heavy (non-hydrogen) atoms. The van der Waals surface area contributed by atoms with Gasteiger partial charge in [-0.2, -0.15) is 0 Å². The van der Waals surface area contributed by atoms with Crippen molar-refractivity contribution in [2.45, 2.75) is 37.6 Å². The molecule has 8 heteroatoms. The SMILES string of the molecule is COC[C@@H]1CCO[C@H]([C]2[CH][CH][CH][C]2/C=C/c2ccc(C#Cc3ccc(/C=C/[C]4[CH][CH][CH][C]4[C@H]4OCC[C@@H](COC)O4)cc3)cc2)O1.[CH]1[CH][CH][CH][CH]1.[CH]1[CH][CH][CH][CH]1.[Fe+2].[Fe+2].